The van der Waals surface area contributed by atoms with Gasteiger partial charge in [0, 0.05) is 16.8 Å². The molecule has 0 unspecified atom stereocenters. The van der Waals surface area contributed by atoms with Gasteiger partial charge in [0.05, 0.1) is 30.1 Å². The van der Waals surface area contributed by atoms with E-state index in [0.29, 0.717) is 23.6 Å². The summed E-state index contributed by atoms with van der Waals surface area (Å²) in [6, 6.07) is 13.4. The average molecular weight is 495 g/mol. The normalized spacial score (nSPS) is 11.2. The number of nitrogens with zero attached hydrogens (tertiary/aromatic N) is 1. The number of hydrogen-bond donors (Lipinski definition) is 1. The van der Waals surface area contributed by atoms with Crippen LogP contribution < -0.4 is 14.4 Å². The molecular formula is C23H21ClF2N2O4S. The Morgan fingerprint density at radius 1 is 1.06 bits per heavy atom. The summed E-state index contributed by atoms with van der Waals surface area (Å²) in [6.45, 7) is 1.95. The molecule has 33 heavy (non-hydrogen) atoms. The fourth-order valence-corrected chi connectivity index (χ4v) is 4.14. The van der Waals surface area contributed by atoms with Gasteiger partial charge in [-0.1, -0.05) is 11.6 Å². The molecule has 0 aromatic heterocycles. The van der Waals surface area contributed by atoms with Crippen molar-refractivity contribution in [3.63, 3.8) is 0 Å². The number of hydrogen-bond acceptors (Lipinski definition) is 4. The Morgan fingerprint density at radius 3 is 2.36 bits per heavy atom. The highest BCUT2D eigenvalue weighted by atomic mass is 35.5. The van der Waals surface area contributed by atoms with Gasteiger partial charge in [0.1, 0.15) is 17.4 Å². The summed E-state index contributed by atoms with van der Waals surface area (Å²) in [4.78, 5) is 12.8. The lowest BCUT2D eigenvalue weighted by atomic mass is 10.1. The minimum absolute atomic E-state index is 0.136. The summed E-state index contributed by atoms with van der Waals surface area (Å²) < 4.78 is 58.4. The molecule has 0 aliphatic carbocycles. The minimum Gasteiger partial charge on any atom is -0.494 e. The quantitative estimate of drug-likeness (QED) is 0.465. The molecular weight excluding hydrogens is 474 g/mol. The Hall–Kier alpha value is -3.17. The first kappa shape index (κ1) is 24.5. The molecule has 0 radical (unpaired) electrons. The number of carbonyl (C=O) groups excluding carboxylic acids is 1. The molecule has 3 rings (SSSR count). The average Bonchev–Trinajstić information content (AvgIpc) is 2.75. The fourth-order valence-electron chi connectivity index (χ4n) is 3.08. The molecule has 0 saturated carbocycles. The Balaban J connectivity index is 1.95. The van der Waals surface area contributed by atoms with Gasteiger partial charge in [0.2, 0.25) is 10.0 Å². The predicted octanol–water partition coefficient (Wildman–Crippen LogP) is 5.24. The summed E-state index contributed by atoms with van der Waals surface area (Å²) in [5.74, 6) is -1.22. The van der Waals surface area contributed by atoms with Crippen LogP contribution >= 0.6 is 11.6 Å². The van der Waals surface area contributed by atoms with Gasteiger partial charge in [-0.3, -0.25) is 9.10 Å². The summed E-state index contributed by atoms with van der Waals surface area (Å²) in [6.07, 6.45) is 1.03. The van der Waals surface area contributed by atoms with Crippen molar-refractivity contribution in [2.24, 2.45) is 0 Å². The van der Waals surface area contributed by atoms with Crippen molar-refractivity contribution in [1.29, 1.82) is 0 Å². The topological polar surface area (TPSA) is 75.7 Å². The first-order chi connectivity index (χ1) is 15.6. The van der Waals surface area contributed by atoms with Crippen LogP contribution in [0.4, 0.5) is 20.2 Å². The number of amides is 1. The lowest BCUT2D eigenvalue weighted by Crippen LogP contribution is -2.29. The van der Waals surface area contributed by atoms with Crippen molar-refractivity contribution in [3.05, 3.63) is 88.4 Å². The standard InChI is InChI=1S/C23H21ClF2N2O4S/c1-3-32-22-11-4-15(23(29)27-18-7-10-21(26)20(24)13-18)12-16(22)14-28(33(2,30)31)19-8-5-17(25)6-9-19/h4-13H,3,14H2,1-2H3,(H,27,29). The lowest BCUT2D eigenvalue weighted by Gasteiger charge is -2.24. The number of carbonyl (C=O) groups is 1. The van der Waals surface area contributed by atoms with Crippen LogP contribution in [0.3, 0.4) is 0 Å². The van der Waals surface area contributed by atoms with Crippen molar-refractivity contribution in [2.75, 3.05) is 22.5 Å². The first-order valence-electron chi connectivity index (χ1n) is 9.84. The van der Waals surface area contributed by atoms with Gasteiger partial charge < -0.3 is 10.1 Å². The number of rotatable bonds is 8. The van der Waals surface area contributed by atoms with E-state index in [2.05, 4.69) is 5.32 Å². The van der Waals surface area contributed by atoms with Gasteiger partial charge >= 0.3 is 0 Å². The van der Waals surface area contributed by atoms with Crippen LogP contribution in [-0.2, 0) is 16.6 Å². The number of benzene rings is 3. The maximum atomic E-state index is 13.4. The van der Waals surface area contributed by atoms with E-state index in [4.69, 9.17) is 16.3 Å². The molecule has 1 amide bonds. The molecule has 10 heteroatoms. The van der Waals surface area contributed by atoms with Gasteiger partial charge in [-0.2, -0.15) is 0 Å². The van der Waals surface area contributed by atoms with Crippen molar-refractivity contribution in [1.82, 2.24) is 0 Å². The van der Waals surface area contributed by atoms with Crippen LogP contribution in [0.25, 0.3) is 0 Å². The minimum atomic E-state index is -3.75. The molecule has 6 nitrogen and oxygen atoms in total. The molecule has 0 fully saturated rings. The number of anilines is 2. The highest BCUT2D eigenvalue weighted by Gasteiger charge is 2.21. The van der Waals surface area contributed by atoms with E-state index in [0.717, 1.165) is 28.8 Å². The van der Waals surface area contributed by atoms with E-state index < -0.39 is 27.6 Å². The molecule has 3 aromatic carbocycles. The molecule has 0 atom stereocenters. The van der Waals surface area contributed by atoms with E-state index in [-0.39, 0.29) is 22.8 Å². The van der Waals surface area contributed by atoms with Crippen LogP contribution in [-0.4, -0.2) is 27.2 Å². The first-order valence-corrected chi connectivity index (χ1v) is 12.1. The Morgan fingerprint density at radius 2 is 1.76 bits per heavy atom. The third kappa shape index (κ3) is 6.21. The molecule has 0 bridgehead atoms. The maximum absolute atomic E-state index is 13.4. The highest BCUT2D eigenvalue weighted by molar-refractivity contribution is 7.92. The van der Waals surface area contributed by atoms with Crippen LogP contribution in [0.15, 0.2) is 60.7 Å². The van der Waals surface area contributed by atoms with E-state index in [1.54, 1.807) is 13.0 Å². The summed E-state index contributed by atoms with van der Waals surface area (Å²) >= 11 is 5.76. The second-order valence-electron chi connectivity index (χ2n) is 7.08. The molecule has 1 N–H and O–H groups in total. The number of halogens is 3. The van der Waals surface area contributed by atoms with Gasteiger partial charge in [-0.05, 0) is 67.6 Å². The van der Waals surface area contributed by atoms with Crippen LogP contribution in [0.1, 0.15) is 22.8 Å². The van der Waals surface area contributed by atoms with E-state index in [1.807, 2.05) is 0 Å². The number of nitrogens with one attached hydrogen (secondary N) is 1. The van der Waals surface area contributed by atoms with Crippen molar-refractivity contribution < 1.29 is 26.7 Å². The van der Waals surface area contributed by atoms with Gasteiger partial charge in [0.15, 0.2) is 0 Å². The third-order valence-electron chi connectivity index (χ3n) is 4.63. The van der Waals surface area contributed by atoms with Crippen molar-refractivity contribution in [2.45, 2.75) is 13.5 Å². The summed E-state index contributed by atoms with van der Waals surface area (Å²) in [7, 11) is -3.75. The SMILES string of the molecule is CCOc1ccc(C(=O)Nc2ccc(F)c(Cl)c2)cc1CN(c1ccc(F)cc1)S(C)(=O)=O. The van der Waals surface area contributed by atoms with Gasteiger partial charge in [0.25, 0.3) is 5.91 Å². The Labute approximate surface area is 195 Å². The Kier molecular flexibility index (Phi) is 7.55. The lowest BCUT2D eigenvalue weighted by molar-refractivity contribution is 0.102. The summed E-state index contributed by atoms with van der Waals surface area (Å²) in [5.41, 5.74) is 1.21. The van der Waals surface area contributed by atoms with E-state index in [9.17, 15) is 22.0 Å². The fraction of sp³-hybridized carbons (Fsp3) is 0.174. The van der Waals surface area contributed by atoms with Crippen LogP contribution in [0, 0.1) is 11.6 Å². The van der Waals surface area contributed by atoms with Crippen molar-refractivity contribution in [3.8, 4) is 5.75 Å². The maximum Gasteiger partial charge on any atom is 0.255 e. The molecule has 0 aliphatic heterocycles. The molecule has 0 saturated heterocycles. The third-order valence-corrected chi connectivity index (χ3v) is 6.06. The van der Waals surface area contributed by atoms with Gasteiger partial charge in [-0.25, -0.2) is 17.2 Å². The van der Waals surface area contributed by atoms with Gasteiger partial charge in [-0.15, -0.1) is 0 Å². The smallest absolute Gasteiger partial charge is 0.255 e. The summed E-state index contributed by atoms with van der Waals surface area (Å²) in [5, 5.41) is 2.49. The van der Waals surface area contributed by atoms with Crippen molar-refractivity contribution >= 4 is 38.9 Å². The molecule has 0 heterocycles. The largest absolute Gasteiger partial charge is 0.494 e. The van der Waals surface area contributed by atoms with Crippen LogP contribution in [0.2, 0.25) is 5.02 Å². The predicted molar refractivity (Wildman–Crippen MR) is 124 cm³/mol. The molecule has 0 spiro atoms. The zero-order chi connectivity index (χ0) is 24.2. The Bertz CT molecular complexity index is 1270. The monoisotopic (exact) mass is 494 g/mol. The molecule has 0 aliphatic rings. The van der Waals surface area contributed by atoms with E-state index in [1.165, 1.54) is 36.4 Å². The molecule has 174 valence electrons. The number of ether oxygens (including phenoxy) is 1. The van der Waals surface area contributed by atoms with E-state index >= 15 is 0 Å². The number of sulfonamides is 1. The zero-order valence-electron chi connectivity index (χ0n) is 17.8. The highest BCUT2D eigenvalue weighted by Crippen LogP contribution is 2.28. The molecule has 3 aromatic rings. The second-order valence-corrected chi connectivity index (χ2v) is 9.40. The second kappa shape index (κ2) is 10.2. The van der Waals surface area contributed by atoms with Crippen LogP contribution in [0.5, 0.6) is 5.75 Å². The zero-order valence-corrected chi connectivity index (χ0v) is 19.4.